The predicted octanol–water partition coefficient (Wildman–Crippen LogP) is 11.1. The van der Waals surface area contributed by atoms with Gasteiger partial charge < -0.3 is 19.7 Å². The summed E-state index contributed by atoms with van der Waals surface area (Å²) in [5.41, 5.74) is 0. The van der Waals surface area contributed by atoms with Gasteiger partial charge in [-0.2, -0.15) is 0 Å². The topological polar surface area (TPSA) is 110 Å². The van der Waals surface area contributed by atoms with Gasteiger partial charge in [0.25, 0.3) is 0 Å². The zero-order valence-corrected chi connectivity index (χ0v) is 33.6. The van der Waals surface area contributed by atoms with E-state index in [9.17, 15) is 24.6 Å². The van der Waals surface area contributed by atoms with Crippen LogP contribution in [0.1, 0.15) is 188 Å². The quantitative estimate of drug-likeness (QED) is 0.0379. The largest absolute Gasteiger partial charge is 0.463 e. The standard InChI is InChI=1S/C45H78O7/c1-4-5-22-29-40(46)33-34-42-39(32-35-43(42)48)28-24-20-21-26-31-45(50)52-37-41(47)36-51-44(49)30-25-19-17-15-13-11-9-7-6-8-10-12-14-16-18-23-27-38(2)3/h20,24,32-35,38-42,46-47H,4-19,21-23,25-31,36-37H2,1-3H3/b24-20-,34-33+/t39-,40-,41+,42+/m0/s1. The Morgan fingerprint density at radius 1 is 0.692 bits per heavy atom. The number of rotatable bonds is 35. The normalized spacial score (nSPS) is 17.2. The predicted molar refractivity (Wildman–Crippen MR) is 214 cm³/mol. The van der Waals surface area contributed by atoms with E-state index >= 15 is 0 Å². The molecule has 1 aliphatic rings. The van der Waals surface area contributed by atoms with Crippen molar-refractivity contribution in [3.63, 3.8) is 0 Å². The number of unbranched alkanes of at least 4 members (excludes halogenated alkanes) is 18. The van der Waals surface area contributed by atoms with Gasteiger partial charge in [-0.25, -0.2) is 0 Å². The monoisotopic (exact) mass is 731 g/mol. The Balaban J connectivity index is 1.95. The Labute approximate surface area is 318 Å². The van der Waals surface area contributed by atoms with E-state index in [1.165, 1.54) is 89.9 Å². The molecular weight excluding hydrogens is 652 g/mol. The Bertz CT molecular complexity index is 984. The lowest BCUT2D eigenvalue weighted by Gasteiger charge is -2.13. The number of esters is 2. The van der Waals surface area contributed by atoms with Crippen LogP contribution in [0.2, 0.25) is 0 Å². The first-order valence-electron chi connectivity index (χ1n) is 21.5. The Hall–Kier alpha value is -2.25. The molecule has 0 fully saturated rings. The third-order valence-electron chi connectivity index (χ3n) is 10.1. The van der Waals surface area contributed by atoms with Crippen LogP contribution in [0.15, 0.2) is 36.5 Å². The van der Waals surface area contributed by atoms with Crippen molar-refractivity contribution in [3.8, 4) is 0 Å². The minimum atomic E-state index is -1.03. The van der Waals surface area contributed by atoms with Crippen molar-refractivity contribution >= 4 is 17.7 Å². The van der Waals surface area contributed by atoms with Crippen LogP contribution in [-0.2, 0) is 23.9 Å². The van der Waals surface area contributed by atoms with Crippen molar-refractivity contribution in [2.75, 3.05) is 13.2 Å². The molecule has 0 bridgehead atoms. The third-order valence-corrected chi connectivity index (χ3v) is 10.1. The molecule has 0 aromatic carbocycles. The minimum Gasteiger partial charge on any atom is -0.463 e. The van der Waals surface area contributed by atoms with Gasteiger partial charge in [-0.15, -0.1) is 0 Å². The second-order valence-corrected chi connectivity index (χ2v) is 15.6. The maximum absolute atomic E-state index is 12.3. The van der Waals surface area contributed by atoms with E-state index in [0.29, 0.717) is 19.3 Å². The van der Waals surface area contributed by atoms with Gasteiger partial charge in [0.1, 0.15) is 19.3 Å². The Morgan fingerprint density at radius 2 is 1.19 bits per heavy atom. The molecule has 4 atom stereocenters. The van der Waals surface area contributed by atoms with E-state index in [-0.39, 0.29) is 49.2 Å². The molecule has 1 rings (SSSR count). The molecular formula is C45H78O7. The maximum Gasteiger partial charge on any atom is 0.305 e. The van der Waals surface area contributed by atoms with Gasteiger partial charge in [0.2, 0.25) is 0 Å². The molecule has 0 aromatic heterocycles. The number of allylic oxidation sites excluding steroid dienone is 5. The van der Waals surface area contributed by atoms with Gasteiger partial charge in [0.15, 0.2) is 5.78 Å². The van der Waals surface area contributed by atoms with Crippen LogP contribution in [0.5, 0.6) is 0 Å². The number of ether oxygens (including phenoxy) is 2. The van der Waals surface area contributed by atoms with Gasteiger partial charge in [0, 0.05) is 18.8 Å². The summed E-state index contributed by atoms with van der Waals surface area (Å²) < 4.78 is 10.3. The first-order chi connectivity index (χ1) is 25.2. The van der Waals surface area contributed by atoms with Gasteiger partial charge in [0.05, 0.1) is 6.10 Å². The number of aliphatic hydroxyl groups is 2. The van der Waals surface area contributed by atoms with Gasteiger partial charge in [-0.05, 0) is 50.0 Å². The molecule has 0 aromatic rings. The van der Waals surface area contributed by atoms with Crippen LogP contribution in [0, 0.1) is 17.8 Å². The molecule has 2 N–H and O–H groups in total. The van der Waals surface area contributed by atoms with Crippen molar-refractivity contribution in [2.24, 2.45) is 17.8 Å². The van der Waals surface area contributed by atoms with Crippen LogP contribution in [0.4, 0.5) is 0 Å². The zero-order valence-electron chi connectivity index (χ0n) is 33.6. The summed E-state index contributed by atoms with van der Waals surface area (Å²) in [4.78, 5) is 36.4. The van der Waals surface area contributed by atoms with Crippen molar-refractivity contribution in [3.05, 3.63) is 36.5 Å². The second-order valence-electron chi connectivity index (χ2n) is 15.6. The van der Waals surface area contributed by atoms with Crippen molar-refractivity contribution in [1.82, 2.24) is 0 Å². The van der Waals surface area contributed by atoms with E-state index in [2.05, 4.69) is 20.8 Å². The molecule has 7 nitrogen and oxygen atoms in total. The molecule has 0 aliphatic heterocycles. The molecule has 0 unspecified atom stereocenters. The van der Waals surface area contributed by atoms with E-state index in [4.69, 9.17) is 9.47 Å². The third kappa shape index (κ3) is 28.3. The molecule has 0 spiro atoms. The highest BCUT2D eigenvalue weighted by atomic mass is 16.6. The first-order valence-corrected chi connectivity index (χ1v) is 21.5. The summed E-state index contributed by atoms with van der Waals surface area (Å²) >= 11 is 0. The highest BCUT2D eigenvalue weighted by Crippen LogP contribution is 2.27. The van der Waals surface area contributed by atoms with Crippen molar-refractivity contribution in [2.45, 2.75) is 200 Å². The smallest absolute Gasteiger partial charge is 0.305 e. The summed E-state index contributed by atoms with van der Waals surface area (Å²) in [6.45, 7) is 6.40. The lowest BCUT2D eigenvalue weighted by molar-refractivity contribution is -0.152. The molecule has 0 radical (unpaired) electrons. The maximum atomic E-state index is 12.3. The lowest BCUT2D eigenvalue weighted by Crippen LogP contribution is -2.25. The fraction of sp³-hybridized carbons (Fsp3) is 0.800. The van der Waals surface area contributed by atoms with E-state index < -0.39 is 12.2 Å². The van der Waals surface area contributed by atoms with Crippen LogP contribution >= 0.6 is 0 Å². The van der Waals surface area contributed by atoms with E-state index in [1.807, 2.05) is 24.3 Å². The highest BCUT2D eigenvalue weighted by Gasteiger charge is 2.27. The molecule has 0 saturated carbocycles. The average molecular weight is 731 g/mol. The molecule has 7 heteroatoms. The molecule has 300 valence electrons. The SMILES string of the molecule is CCCCC[C@H](O)/C=C/[C@H]1C(=O)C=C[C@@H]1C/C=C\CCCC(=O)OC[C@H](O)COC(=O)CCCCCCCCCCCCCCCCCCC(C)C. The number of carbonyl (C=O) groups is 3. The summed E-state index contributed by atoms with van der Waals surface area (Å²) in [7, 11) is 0. The summed E-state index contributed by atoms with van der Waals surface area (Å²) in [5.74, 6) is 0.0656. The second kappa shape index (κ2) is 33.3. The number of carbonyl (C=O) groups excluding carboxylic acids is 3. The first kappa shape index (κ1) is 47.8. The molecule has 0 saturated heterocycles. The Kier molecular flexibility index (Phi) is 30.6. The van der Waals surface area contributed by atoms with Crippen molar-refractivity contribution in [1.29, 1.82) is 0 Å². The number of hydrogen-bond donors (Lipinski definition) is 2. The van der Waals surface area contributed by atoms with Crippen LogP contribution in [0.25, 0.3) is 0 Å². The highest BCUT2D eigenvalue weighted by molar-refractivity contribution is 5.95. The zero-order chi connectivity index (χ0) is 38.1. The Morgan fingerprint density at radius 3 is 1.73 bits per heavy atom. The minimum absolute atomic E-state index is 0.0747. The van der Waals surface area contributed by atoms with Crippen molar-refractivity contribution < 1.29 is 34.1 Å². The van der Waals surface area contributed by atoms with Gasteiger partial charge in [-0.1, -0.05) is 173 Å². The van der Waals surface area contributed by atoms with E-state index in [0.717, 1.165) is 57.3 Å². The molecule has 0 amide bonds. The molecule has 52 heavy (non-hydrogen) atoms. The van der Waals surface area contributed by atoms with E-state index in [1.54, 1.807) is 12.2 Å². The summed E-state index contributed by atoms with van der Waals surface area (Å²) in [5, 5.41) is 20.2. The fourth-order valence-corrected chi connectivity index (χ4v) is 6.67. The fourth-order valence-electron chi connectivity index (χ4n) is 6.67. The lowest BCUT2D eigenvalue weighted by atomic mass is 9.90. The number of aliphatic hydroxyl groups excluding tert-OH is 2. The number of hydrogen-bond acceptors (Lipinski definition) is 7. The molecule has 1 aliphatic carbocycles. The summed E-state index contributed by atoms with van der Waals surface area (Å²) in [6.07, 6.45) is 38.3. The molecule has 0 heterocycles. The van der Waals surface area contributed by atoms with Crippen LogP contribution in [0.3, 0.4) is 0 Å². The van der Waals surface area contributed by atoms with Gasteiger partial charge in [-0.3, -0.25) is 14.4 Å². The number of ketones is 1. The summed E-state index contributed by atoms with van der Waals surface area (Å²) in [6, 6.07) is 0. The van der Waals surface area contributed by atoms with Gasteiger partial charge >= 0.3 is 11.9 Å². The van der Waals surface area contributed by atoms with Crippen LogP contribution in [-0.4, -0.2) is 53.4 Å². The average Bonchev–Trinajstić information content (AvgIpc) is 3.47. The van der Waals surface area contributed by atoms with Crippen LogP contribution < -0.4 is 0 Å².